The van der Waals surface area contributed by atoms with Crippen LogP contribution in [-0.2, 0) is 6.54 Å². The molecule has 0 unspecified atom stereocenters. The molecule has 0 bridgehead atoms. The first kappa shape index (κ1) is 17.2. The Kier molecular flexibility index (Phi) is 5.04. The highest BCUT2D eigenvalue weighted by Crippen LogP contribution is 2.38. The van der Waals surface area contributed by atoms with Gasteiger partial charge in [-0.05, 0) is 48.1 Å². The molecule has 1 spiro atoms. The van der Waals surface area contributed by atoms with Gasteiger partial charge < -0.3 is 21.1 Å². The largest absolute Gasteiger partial charge is 0.377 e. The summed E-state index contributed by atoms with van der Waals surface area (Å²) in [6.07, 6.45) is 2.13. The minimum absolute atomic E-state index is 0.0814. The quantitative estimate of drug-likeness (QED) is 0.619. The van der Waals surface area contributed by atoms with Crippen LogP contribution in [0.1, 0.15) is 18.4 Å². The molecular formula is C20H24N4OS. The zero-order valence-electron chi connectivity index (χ0n) is 14.7. The van der Waals surface area contributed by atoms with Gasteiger partial charge in [-0.25, -0.2) is 0 Å². The third-order valence-corrected chi connectivity index (χ3v) is 6.03. The second kappa shape index (κ2) is 7.60. The second-order valence-electron chi connectivity index (χ2n) is 6.65. The molecule has 4 N–H and O–H groups in total. The van der Waals surface area contributed by atoms with E-state index in [1.54, 1.807) is 0 Å². The van der Waals surface area contributed by atoms with Crippen LogP contribution in [0.15, 0.2) is 53.5 Å². The van der Waals surface area contributed by atoms with Crippen molar-refractivity contribution in [2.45, 2.75) is 24.9 Å². The van der Waals surface area contributed by atoms with Crippen LogP contribution in [0.5, 0.6) is 0 Å². The van der Waals surface area contributed by atoms with E-state index < -0.39 is 0 Å². The van der Waals surface area contributed by atoms with Crippen LogP contribution in [0.2, 0.25) is 0 Å². The van der Waals surface area contributed by atoms with Crippen molar-refractivity contribution in [1.82, 2.24) is 0 Å². The first-order valence-electron chi connectivity index (χ1n) is 9.00. The Bertz CT molecular complexity index is 802. The van der Waals surface area contributed by atoms with Crippen LogP contribution in [0, 0.1) is 0 Å². The van der Waals surface area contributed by atoms with Crippen LogP contribution in [0.4, 0.5) is 17.1 Å². The van der Waals surface area contributed by atoms with Gasteiger partial charge in [0.05, 0.1) is 23.5 Å². The molecule has 4 rings (SSSR count). The number of fused-ring (bicyclic) bond motifs is 1. The Hall–Kier alpha value is -2.18. The number of hydrogen-bond donors (Lipinski definition) is 4. The van der Waals surface area contributed by atoms with Crippen molar-refractivity contribution in [3.05, 3.63) is 54.1 Å². The number of nitrogens with one attached hydrogen (secondary N) is 3. The van der Waals surface area contributed by atoms with E-state index in [4.69, 9.17) is 4.99 Å². The Morgan fingerprint density at radius 2 is 1.77 bits per heavy atom. The van der Waals surface area contributed by atoms with Crippen molar-refractivity contribution in [1.29, 1.82) is 0 Å². The molecule has 0 aromatic heterocycles. The zero-order chi connectivity index (χ0) is 17.8. The van der Waals surface area contributed by atoms with Gasteiger partial charge in [0.25, 0.3) is 0 Å². The van der Waals surface area contributed by atoms with E-state index in [1.807, 2.05) is 36.0 Å². The van der Waals surface area contributed by atoms with Crippen molar-refractivity contribution in [3.63, 3.8) is 0 Å². The van der Waals surface area contributed by atoms with Crippen LogP contribution < -0.4 is 16.0 Å². The maximum absolute atomic E-state index is 9.20. The van der Waals surface area contributed by atoms with E-state index in [9.17, 15) is 5.11 Å². The number of nitrogens with zero attached hydrogens (tertiary/aromatic N) is 1. The molecular weight excluding hydrogens is 344 g/mol. The van der Waals surface area contributed by atoms with Crippen molar-refractivity contribution >= 4 is 34.7 Å². The molecule has 26 heavy (non-hydrogen) atoms. The maximum atomic E-state index is 9.20. The minimum atomic E-state index is -0.112. The van der Waals surface area contributed by atoms with Crippen molar-refractivity contribution in [2.24, 2.45) is 4.99 Å². The lowest BCUT2D eigenvalue weighted by atomic mass is 9.87. The van der Waals surface area contributed by atoms with Crippen LogP contribution in [0.3, 0.4) is 0 Å². The smallest absolute Gasteiger partial charge is 0.127 e. The van der Waals surface area contributed by atoms with Crippen molar-refractivity contribution in [3.8, 4) is 0 Å². The molecule has 2 aliphatic rings. The minimum Gasteiger partial charge on any atom is -0.377 e. The predicted octanol–water partition coefficient (Wildman–Crippen LogP) is 3.75. The lowest BCUT2D eigenvalue weighted by Gasteiger charge is -2.43. The SMILES string of the molecule is OCNc1ccccc1CN=C1Nc2ccccc2NC12CCSCC2. The summed E-state index contributed by atoms with van der Waals surface area (Å²) < 4.78 is 0. The van der Waals surface area contributed by atoms with Gasteiger partial charge in [0.15, 0.2) is 0 Å². The monoisotopic (exact) mass is 368 g/mol. The van der Waals surface area contributed by atoms with Gasteiger partial charge >= 0.3 is 0 Å². The summed E-state index contributed by atoms with van der Waals surface area (Å²) in [6.45, 7) is 0.492. The Morgan fingerprint density at radius 3 is 2.58 bits per heavy atom. The number of thioether (sulfide) groups is 1. The fourth-order valence-electron chi connectivity index (χ4n) is 3.62. The average molecular weight is 369 g/mol. The standard InChI is InChI=1S/C20H24N4OS/c25-14-22-16-6-2-1-5-15(16)13-21-19-20(9-11-26-12-10-20)24-18-8-4-3-7-17(18)23-19/h1-8,22,24-25H,9-14H2,(H,21,23). The summed E-state index contributed by atoms with van der Waals surface area (Å²) in [5.41, 5.74) is 4.13. The molecule has 0 aliphatic carbocycles. The number of hydrogen-bond acceptors (Lipinski definition) is 5. The van der Waals surface area contributed by atoms with Gasteiger partial charge in [0.2, 0.25) is 0 Å². The van der Waals surface area contributed by atoms with E-state index in [0.29, 0.717) is 6.54 Å². The summed E-state index contributed by atoms with van der Waals surface area (Å²) >= 11 is 2.01. The van der Waals surface area contributed by atoms with Crippen LogP contribution in [-0.4, -0.2) is 34.7 Å². The topological polar surface area (TPSA) is 68.7 Å². The second-order valence-corrected chi connectivity index (χ2v) is 7.87. The number of aliphatic hydroxyl groups excluding tert-OH is 1. The first-order chi connectivity index (χ1) is 12.8. The fraction of sp³-hybridized carbons (Fsp3) is 0.350. The molecule has 1 saturated heterocycles. The maximum Gasteiger partial charge on any atom is 0.127 e. The van der Waals surface area contributed by atoms with E-state index in [-0.39, 0.29) is 12.3 Å². The van der Waals surface area contributed by atoms with Gasteiger partial charge in [0.1, 0.15) is 12.6 Å². The van der Waals surface area contributed by atoms with Crippen molar-refractivity contribution in [2.75, 3.05) is 34.2 Å². The molecule has 2 aromatic carbocycles. The molecule has 0 saturated carbocycles. The zero-order valence-corrected chi connectivity index (χ0v) is 15.5. The highest BCUT2D eigenvalue weighted by molar-refractivity contribution is 7.99. The lowest BCUT2D eigenvalue weighted by molar-refractivity contribution is 0.325. The molecule has 2 aromatic rings. The van der Waals surface area contributed by atoms with Gasteiger partial charge in [-0.2, -0.15) is 11.8 Å². The Balaban J connectivity index is 1.65. The molecule has 136 valence electrons. The third-order valence-electron chi connectivity index (χ3n) is 5.05. The first-order valence-corrected chi connectivity index (χ1v) is 10.2. The summed E-state index contributed by atoms with van der Waals surface area (Å²) in [6, 6.07) is 16.3. The molecule has 2 heterocycles. The number of rotatable bonds is 4. The molecule has 1 fully saturated rings. The molecule has 0 amide bonds. The summed E-state index contributed by atoms with van der Waals surface area (Å²) in [5, 5.41) is 19.6. The van der Waals surface area contributed by atoms with Crippen LogP contribution >= 0.6 is 11.8 Å². The van der Waals surface area contributed by atoms with E-state index in [1.165, 1.54) is 0 Å². The number of anilines is 3. The van der Waals surface area contributed by atoms with E-state index >= 15 is 0 Å². The van der Waals surface area contributed by atoms with E-state index in [0.717, 1.165) is 52.8 Å². The third kappa shape index (κ3) is 3.39. The predicted molar refractivity (Wildman–Crippen MR) is 111 cm³/mol. The lowest BCUT2D eigenvalue weighted by Crippen LogP contribution is -2.54. The number of para-hydroxylation sites is 3. The molecule has 0 radical (unpaired) electrons. The molecule has 6 heteroatoms. The fourth-order valence-corrected chi connectivity index (χ4v) is 4.81. The summed E-state index contributed by atoms with van der Waals surface area (Å²) in [4.78, 5) is 4.98. The summed E-state index contributed by atoms with van der Waals surface area (Å²) in [5.74, 6) is 3.30. The number of aliphatic hydroxyl groups is 1. The number of benzene rings is 2. The van der Waals surface area contributed by atoms with Gasteiger partial charge in [-0.1, -0.05) is 30.3 Å². The highest BCUT2D eigenvalue weighted by Gasteiger charge is 2.40. The van der Waals surface area contributed by atoms with E-state index in [2.05, 4.69) is 40.2 Å². The molecule has 5 nitrogen and oxygen atoms in total. The number of aliphatic imine (C=N–C) groups is 1. The molecule has 2 aliphatic heterocycles. The Morgan fingerprint density at radius 1 is 1.04 bits per heavy atom. The van der Waals surface area contributed by atoms with Gasteiger partial charge in [-0.3, -0.25) is 4.99 Å². The Labute approximate surface area is 158 Å². The highest BCUT2D eigenvalue weighted by atomic mass is 32.2. The average Bonchev–Trinajstić information content (AvgIpc) is 2.68. The van der Waals surface area contributed by atoms with Gasteiger partial charge in [0, 0.05) is 5.69 Å². The number of amidine groups is 1. The van der Waals surface area contributed by atoms with Gasteiger partial charge in [-0.15, -0.1) is 0 Å². The van der Waals surface area contributed by atoms with Crippen molar-refractivity contribution < 1.29 is 5.11 Å². The van der Waals surface area contributed by atoms with Crippen LogP contribution in [0.25, 0.3) is 0 Å². The molecule has 0 atom stereocenters. The summed E-state index contributed by atoms with van der Waals surface area (Å²) in [7, 11) is 0. The normalized spacial score (nSPS) is 19.5.